The molecule has 4 rings (SSSR count). The summed E-state index contributed by atoms with van der Waals surface area (Å²) in [6, 6.07) is 19.3. The molecule has 1 saturated heterocycles. The highest BCUT2D eigenvalue weighted by atomic mass is 32.2. The fourth-order valence-electron chi connectivity index (χ4n) is 5.25. The van der Waals surface area contributed by atoms with E-state index in [0.717, 1.165) is 20.6 Å². The van der Waals surface area contributed by atoms with Crippen LogP contribution in [-0.4, -0.2) is 83.9 Å². The summed E-state index contributed by atoms with van der Waals surface area (Å²) in [6.07, 6.45) is -0.224. The Labute approximate surface area is 259 Å². The molecule has 3 aromatic carbocycles. The van der Waals surface area contributed by atoms with Crippen LogP contribution in [0.2, 0.25) is 0 Å². The first-order chi connectivity index (χ1) is 20.2. The number of carbonyl (C=O) groups is 3. The molecular formula is C32H39N3O6S2. The lowest BCUT2D eigenvalue weighted by Gasteiger charge is -2.34. The third kappa shape index (κ3) is 7.76. The Bertz CT molecular complexity index is 1590. The molecule has 0 aromatic heterocycles. The first-order valence-corrected chi connectivity index (χ1v) is 16.1. The highest BCUT2D eigenvalue weighted by Gasteiger charge is 2.46. The van der Waals surface area contributed by atoms with E-state index in [1.807, 2.05) is 54.6 Å². The van der Waals surface area contributed by atoms with Gasteiger partial charge in [0.25, 0.3) is 0 Å². The van der Waals surface area contributed by atoms with Gasteiger partial charge in [-0.3, -0.25) is 14.4 Å². The number of ether oxygens (including phenoxy) is 1. The van der Waals surface area contributed by atoms with Crippen molar-refractivity contribution in [2.45, 2.75) is 68.0 Å². The molecule has 2 amide bonds. The number of benzene rings is 3. The maximum atomic E-state index is 14.0. The lowest BCUT2D eigenvalue weighted by Crippen LogP contribution is -2.54. The second-order valence-electron chi connectivity index (χ2n) is 11.9. The SMILES string of the molecule is CN(Cc1ccccc1)C(=O)[C@H](CC(=O)OC(C)(C)C)N(C)C(=O)[C@@H]1C[C@@H](S)CN1S(=O)(=O)c1ccc2ccccc2c1. The molecule has 43 heavy (non-hydrogen) atoms. The molecule has 0 unspecified atom stereocenters. The Morgan fingerprint density at radius 2 is 1.60 bits per heavy atom. The normalized spacial score (nSPS) is 18.3. The van der Waals surface area contributed by atoms with Crippen LogP contribution in [0.3, 0.4) is 0 Å². The highest BCUT2D eigenvalue weighted by molar-refractivity contribution is 7.89. The topological polar surface area (TPSA) is 104 Å². The number of rotatable bonds is 9. The molecule has 0 N–H and O–H groups in total. The number of carbonyl (C=O) groups excluding carboxylic acids is 3. The van der Waals surface area contributed by atoms with Gasteiger partial charge in [0.2, 0.25) is 21.8 Å². The van der Waals surface area contributed by atoms with E-state index in [2.05, 4.69) is 12.6 Å². The number of esters is 1. The van der Waals surface area contributed by atoms with Crippen molar-refractivity contribution in [3.05, 3.63) is 78.4 Å². The zero-order valence-electron chi connectivity index (χ0n) is 25.1. The monoisotopic (exact) mass is 625 g/mol. The van der Waals surface area contributed by atoms with Crippen molar-refractivity contribution in [2.75, 3.05) is 20.6 Å². The summed E-state index contributed by atoms with van der Waals surface area (Å²) >= 11 is 4.53. The summed E-state index contributed by atoms with van der Waals surface area (Å²) in [5.74, 6) is -1.69. The number of hydrogen-bond acceptors (Lipinski definition) is 7. The van der Waals surface area contributed by atoms with Crippen molar-refractivity contribution >= 4 is 51.2 Å². The second-order valence-corrected chi connectivity index (χ2v) is 14.5. The van der Waals surface area contributed by atoms with Gasteiger partial charge in [-0.2, -0.15) is 16.9 Å². The van der Waals surface area contributed by atoms with Crippen molar-refractivity contribution in [3.8, 4) is 0 Å². The van der Waals surface area contributed by atoms with Crippen LogP contribution >= 0.6 is 12.6 Å². The summed E-state index contributed by atoms with van der Waals surface area (Å²) in [7, 11) is -1.06. The summed E-state index contributed by atoms with van der Waals surface area (Å²) in [5, 5.41) is 1.26. The number of sulfonamides is 1. The van der Waals surface area contributed by atoms with Crippen LogP contribution in [-0.2, 0) is 35.7 Å². The molecule has 230 valence electrons. The highest BCUT2D eigenvalue weighted by Crippen LogP contribution is 2.32. The van der Waals surface area contributed by atoms with E-state index in [9.17, 15) is 22.8 Å². The first-order valence-electron chi connectivity index (χ1n) is 14.1. The Morgan fingerprint density at radius 1 is 0.977 bits per heavy atom. The van der Waals surface area contributed by atoms with Crippen molar-refractivity contribution in [1.82, 2.24) is 14.1 Å². The largest absolute Gasteiger partial charge is 0.460 e. The van der Waals surface area contributed by atoms with E-state index in [4.69, 9.17) is 4.74 Å². The molecule has 1 fully saturated rings. The number of amides is 2. The fourth-order valence-corrected chi connectivity index (χ4v) is 7.41. The molecule has 0 aliphatic carbocycles. The first kappa shape index (κ1) is 32.5. The van der Waals surface area contributed by atoms with Gasteiger partial charge >= 0.3 is 5.97 Å². The van der Waals surface area contributed by atoms with Crippen LogP contribution in [0.15, 0.2) is 77.7 Å². The molecule has 3 atom stereocenters. The number of thiol groups is 1. The minimum atomic E-state index is -4.09. The molecule has 0 saturated carbocycles. The van der Waals surface area contributed by atoms with Crippen LogP contribution in [0.25, 0.3) is 10.8 Å². The van der Waals surface area contributed by atoms with E-state index >= 15 is 0 Å². The molecule has 0 spiro atoms. The van der Waals surface area contributed by atoms with Gasteiger partial charge in [0.15, 0.2) is 0 Å². The van der Waals surface area contributed by atoms with Gasteiger partial charge in [-0.25, -0.2) is 8.42 Å². The summed E-state index contributed by atoms with van der Waals surface area (Å²) in [6.45, 7) is 5.45. The van der Waals surface area contributed by atoms with Crippen molar-refractivity contribution in [2.24, 2.45) is 0 Å². The second kappa shape index (κ2) is 13.1. The van der Waals surface area contributed by atoms with Gasteiger partial charge in [-0.1, -0.05) is 60.7 Å². The molecular weight excluding hydrogens is 587 g/mol. The minimum Gasteiger partial charge on any atom is -0.460 e. The van der Waals surface area contributed by atoms with Gasteiger partial charge in [0.05, 0.1) is 11.3 Å². The van der Waals surface area contributed by atoms with Crippen LogP contribution < -0.4 is 0 Å². The molecule has 9 nitrogen and oxygen atoms in total. The Hall–Kier alpha value is -3.41. The van der Waals surface area contributed by atoms with E-state index in [1.54, 1.807) is 40.0 Å². The minimum absolute atomic E-state index is 0.0289. The van der Waals surface area contributed by atoms with Gasteiger partial charge in [-0.15, -0.1) is 0 Å². The number of hydrogen-bond donors (Lipinski definition) is 1. The maximum absolute atomic E-state index is 14.0. The summed E-state index contributed by atoms with van der Waals surface area (Å²) < 4.78 is 34.4. The van der Waals surface area contributed by atoms with Crippen molar-refractivity contribution in [3.63, 3.8) is 0 Å². The smallest absolute Gasteiger partial charge is 0.308 e. The predicted octanol–water partition coefficient (Wildman–Crippen LogP) is 4.12. The standard InChI is InChI=1S/C32H39N3O6S2/c1-32(2,3)41-29(36)19-27(30(37)33(4)20-22-11-7-6-8-12-22)34(5)31(38)28-18-25(42)21-35(28)43(39,40)26-16-15-23-13-9-10-14-24(23)17-26/h6-17,25,27-28,42H,18-21H2,1-5H3/t25-,27+,28+/m1/s1. The lowest BCUT2D eigenvalue weighted by molar-refractivity contribution is -0.160. The van der Waals surface area contributed by atoms with Gasteiger partial charge < -0.3 is 14.5 Å². The average molecular weight is 626 g/mol. The van der Waals surface area contributed by atoms with Crippen LogP contribution in [0.1, 0.15) is 39.2 Å². The maximum Gasteiger partial charge on any atom is 0.308 e. The van der Waals surface area contributed by atoms with Crippen molar-refractivity contribution < 1.29 is 27.5 Å². The Morgan fingerprint density at radius 3 is 2.26 bits per heavy atom. The fraction of sp³-hybridized carbons (Fsp3) is 0.406. The molecule has 3 aromatic rings. The average Bonchev–Trinajstić information content (AvgIpc) is 3.36. The third-order valence-electron chi connectivity index (χ3n) is 7.37. The molecule has 1 aliphatic rings. The summed E-state index contributed by atoms with van der Waals surface area (Å²) in [4.78, 5) is 43.5. The molecule has 11 heteroatoms. The quantitative estimate of drug-likeness (QED) is 0.284. The van der Waals surface area contributed by atoms with Gasteiger partial charge in [-0.05, 0) is 55.7 Å². The molecule has 1 heterocycles. The molecule has 1 aliphatic heterocycles. The lowest BCUT2D eigenvalue weighted by atomic mass is 10.1. The van der Waals surface area contributed by atoms with Gasteiger partial charge in [0, 0.05) is 32.4 Å². The Balaban J connectivity index is 1.62. The molecule has 0 bridgehead atoms. The van der Waals surface area contributed by atoms with Crippen LogP contribution in [0.4, 0.5) is 0 Å². The van der Waals surface area contributed by atoms with Crippen molar-refractivity contribution in [1.29, 1.82) is 0 Å². The van der Waals surface area contributed by atoms with E-state index in [1.165, 1.54) is 22.9 Å². The van der Waals surface area contributed by atoms with E-state index in [0.29, 0.717) is 0 Å². The van der Waals surface area contributed by atoms with Crippen LogP contribution in [0, 0.1) is 0 Å². The van der Waals surface area contributed by atoms with E-state index < -0.39 is 50.7 Å². The third-order valence-corrected chi connectivity index (χ3v) is 9.61. The summed E-state index contributed by atoms with van der Waals surface area (Å²) in [5.41, 5.74) is 0.0863. The number of nitrogens with zero attached hydrogens (tertiary/aromatic N) is 3. The number of likely N-dealkylation sites (N-methyl/N-ethyl adjacent to an activating group) is 2. The Kier molecular flexibility index (Phi) is 9.88. The predicted molar refractivity (Wildman–Crippen MR) is 169 cm³/mol. The zero-order chi connectivity index (χ0) is 31.5. The molecule has 0 radical (unpaired) electrons. The number of fused-ring (bicyclic) bond motifs is 1. The van der Waals surface area contributed by atoms with Crippen LogP contribution in [0.5, 0.6) is 0 Å². The van der Waals surface area contributed by atoms with E-state index in [-0.39, 0.29) is 30.8 Å². The van der Waals surface area contributed by atoms with Gasteiger partial charge in [0.1, 0.15) is 17.7 Å². The zero-order valence-corrected chi connectivity index (χ0v) is 26.8.